The van der Waals surface area contributed by atoms with Gasteiger partial charge in [0.1, 0.15) is 98.6 Å². The number of rotatable bonds is 15. The Morgan fingerprint density at radius 2 is 0.689 bits per heavy atom. The van der Waals surface area contributed by atoms with Gasteiger partial charge in [-0.05, 0) is 164 Å². The van der Waals surface area contributed by atoms with Gasteiger partial charge in [0, 0.05) is 25.5 Å². The maximum atomic E-state index is 13.3. The van der Waals surface area contributed by atoms with Gasteiger partial charge in [0.2, 0.25) is 17.6 Å². The lowest BCUT2D eigenvalue weighted by molar-refractivity contribution is -0.134. The van der Waals surface area contributed by atoms with Crippen molar-refractivity contribution in [3.8, 4) is 34.9 Å². The van der Waals surface area contributed by atoms with Crippen LogP contribution in [0.1, 0.15) is 40.9 Å². The molecule has 0 aliphatic carbocycles. The number of halogens is 3. The highest BCUT2D eigenvalue weighted by atomic mass is 32.2. The van der Waals surface area contributed by atoms with Gasteiger partial charge in [0.05, 0.1) is 53.1 Å². The van der Waals surface area contributed by atoms with Crippen LogP contribution in [0.2, 0.25) is 0 Å². The summed E-state index contributed by atoms with van der Waals surface area (Å²) < 4.78 is 78.4. The van der Waals surface area contributed by atoms with Crippen LogP contribution in [0.25, 0.3) is 35.2 Å². The molecular weight excluding hydrogens is 1450 g/mol. The summed E-state index contributed by atoms with van der Waals surface area (Å²) in [4.78, 5) is 106. The first-order valence-corrected chi connectivity index (χ1v) is 33.8. The molecule has 12 aromatic rings. The summed E-state index contributed by atoms with van der Waals surface area (Å²) >= 11 is 19.3. The number of furan rings is 3. The monoisotopic (exact) mass is 1500 g/mol. The van der Waals surface area contributed by atoms with E-state index in [4.69, 9.17) is 74.0 Å². The Hall–Kier alpha value is -11.8. The number of carboxylic acids is 1. The minimum Gasteiger partial charge on any atom is -0.481 e. The summed E-state index contributed by atoms with van der Waals surface area (Å²) in [5.41, 5.74) is 0.0352. The SMILES string of the molecule is CC(=O)O.O=C1/C(=C/c2c(Oc3ccc(F)cc3)nc3ccccn3c2=O)SC(=S)N1Cc1ccco1.O=C1/C(=C/c2c(Oc3ccc(F)cc3)nc3ccccn3c2=O)SC(=S)N1Cc1ccco1.O=C1/C(=C/c2c(Oc3ccc(F)cc3)nc3ccccn3c2=O)SC(=S)N1Cc1ccco1. The minimum atomic E-state index is -0.833. The largest absolute Gasteiger partial charge is 0.481 e. The van der Waals surface area contributed by atoms with Crippen molar-refractivity contribution in [2.45, 2.75) is 26.6 Å². The fourth-order valence-electron chi connectivity index (χ4n) is 9.67. The Labute approximate surface area is 607 Å². The fourth-order valence-corrected chi connectivity index (χ4v) is 13.4. The standard InChI is InChI=1S/3C23H14FN3O4S2.C2H4O2/c3*24-14-6-8-15(9-7-14)31-20-17(21(28)26-10-2-1-5-19(26)25-20)12-18-22(29)27(23(32)33-18)13-16-4-3-11-30-16;1-2(3)4/h3*1-12H,13H2;1H3,(H,3,4)/b3*18-12-;. The average Bonchev–Trinajstić information content (AvgIpc) is 1.78. The molecule has 3 aromatic carbocycles. The van der Waals surface area contributed by atoms with Gasteiger partial charge in [-0.3, -0.25) is 61.5 Å². The minimum absolute atomic E-state index is 0.00545. The molecule has 0 bridgehead atoms. The van der Waals surface area contributed by atoms with Crippen molar-refractivity contribution < 1.29 is 64.9 Å². The number of amides is 3. The van der Waals surface area contributed by atoms with E-state index in [1.54, 1.807) is 110 Å². The number of thiocarbonyl (C=S) groups is 3. The van der Waals surface area contributed by atoms with Crippen LogP contribution >= 0.6 is 71.9 Å². The number of benzene rings is 3. The van der Waals surface area contributed by atoms with E-state index in [2.05, 4.69) is 15.0 Å². The van der Waals surface area contributed by atoms with Crippen molar-refractivity contribution in [3.05, 3.63) is 298 Å². The van der Waals surface area contributed by atoms with Crippen LogP contribution in [0.5, 0.6) is 34.9 Å². The molecule has 3 aliphatic heterocycles. The first kappa shape index (κ1) is 71.0. The number of aromatic nitrogens is 6. The normalized spacial score (nSPS) is 14.7. The number of pyridine rings is 3. The fraction of sp³-hybridized carbons (Fsp3) is 0.0563. The summed E-state index contributed by atoms with van der Waals surface area (Å²) in [6.07, 6.45) is 13.6. The van der Waals surface area contributed by atoms with E-state index in [1.165, 1.54) is 138 Å². The number of nitrogens with zero attached hydrogens (tertiary/aromatic N) is 9. The van der Waals surface area contributed by atoms with Gasteiger partial charge < -0.3 is 32.6 Å². The van der Waals surface area contributed by atoms with Crippen molar-refractivity contribution in [1.29, 1.82) is 0 Å². The number of carbonyl (C=O) groups excluding carboxylic acids is 3. The van der Waals surface area contributed by atoms with Crippen LogP contribution in [0.15, 0.2) is 244 Å². The lowest BCUT2D eigenvalue weighted by atomic mass is 10.2. The zero-order chi connectivity index (χ0) is 72.4. The van der Waals surface area contributed by atoms with Crippen molar-refractivity contribution in [2.24, 2.45) is 0 Å². The first-order valence-electron chi connectivity index (χ1n) is 30.1. The molecule has 0 unspecified atom stereocenters. The Morgan fingerprint density at radius 3 is 0.932 bits per heavy atom. The highest BCUT2D eigenvalue weighted by Crippen LogP contribution is 2.39. The van der Waals surface area contributed by atoms with E-state index in [1.807, 2.05) is 0 Å². The Bertz CT molecular complexity index is 5040. The molecular formula is C71H46F3N9O14S6. The van der Waals surface area contributed by atoms with Crippen LogP contribution in [0.4, 0.5) is 13.2 Å². The second-order valence-electron chi connectivity index (χ2n) is 21.4. The quantitative estimate of drug-likeness (QED) is 0.0738. The van der Waals surface area contributed by atoms with Crippen molar-refractivity contribution in [1.82, 2.24) is 42.9 Å². The number of carboxylic acid groups (broad SMARTS) is 1. The second-order valence-corrected chi connectivity index (χ2v) is 26.4. The number of ether oxygens (including phenoxy) is 3. The van der Waals surface area contributed by atoms with Gasteiger partial charge >= 0.3 is 0 Å². The zero-order valence-electron chi connectivity index (χ0n) is 52.8. The van der Waals surface area contributed by atoms with Crippen molar-refractivity contribution in [3.63, 3.8) is 0 Å². The number of hydrogen-bond acceptors (Lipinski definition) is 22. The summed E-state index contributed by atoms with van der Waals surface area (Å²) in [6.45, 7) is 1.63. The molecule has 0 atom stereocenters. The molecule has 3 aliphatic rings. The molecule has 0 saturated carbocycles. The maximum absolute atomic E-state index is 13.3. The molecule has 0 spiro atoms. The van der Waals surface area contributed by atoms with Gasteiger partial charge in [-0.15, -0.1) is 0 Å². The van der Waals surface area contributed by atoms with Crippen LogP contribution in [0, 0.1) is 17.5 Å². The molecule has 1 N–H and O–H groups in total. The summed E-state index contributed by atoms with van der Waals surface area (Å²) in [7, 11) is 0. The van der Waals surface area contributed by atoms with E-state index < -0.39 is 40.1 Å². The number of thioether (sulfide) groups is 3. The summed E-state index contributed by atoms with van der Waals surface area (Å²) in [5.74, 6) is -0.544. The number of fused-ring (bicyclic) bond motifs is 3. The van der Waals surface area contributed by atoms with Gasteiger partial charge in [-0.25, -0.2) is 13.2 Å². The molecule has 3 amide bonds. The number of hydrogen-bond donors (Lipinski definition) is 1. The summed E-state index contributed by atoms with van der Waals surface area (Å²) in [6, 6.07) is 41.7. The molecule has 32 heteroatoms. The molecule has 23 nitrogen and oxygen atoms in total. The van der Waals surface area contributed by atoms with E-state index in [-0.39, 0.29) is 86.4 Å². The third kappa shape index (κ3) is 16.8. The number of carbonyl (C=O) groups is 4. The smallest absolute Gasteiger partial charge is 0.300 e. The third-order valence-corrected chi connectivity index (χ3v) is 18.5. The van der Waals surface area contributed by atoms with E-state index in [0.717, 1.165) is 42.2 Å². The summed E-state index contributed by atoms with van der Waals surface area (Å²) in [5, 5.41) is 7.42. The van der Waals surface area contributed by atoms with Gasteiger partial charge in [0.15, 0.2) is 0 Å². The van der Waals surface area contributed by atoms with Gasteiger partial charge in [0.25, 0.3) is 40.4 Å². The maximum Gasteiger partial charge on any atom is 0.300 e. The molecule has 0 radical (unpaired) electrons. The predicted molar refractivity (Wildman–Crippen MR) is 389 cm³/mol. The topological polar surface area (TPSA) is 268 Å². The Balaban J connectivity index is 0.000000142. The molecule has 9 aromatic heterocycles. The zero-order valence-corrected chi connectivity index (χ0v) is 57.7. The molecule has 103 heavy (non-hydrogen) atoms. The van der Waals surface area contributed by atoms with Crippen LogP contribution < -0.4 is 30.9 Å². The van der Waals surface area contributed by atoms with Crippen molar-refractivity contribution >= 4 is 144 Å². The Kier molecular flexibility index (Phi) is 21.9. The number of aliphatic carboxylic acids is 1. The molecule has 3 fully saturated rings. The second kappa shape index (κ2) is 31.8. The third-order valence-electron chi connectivity index (χ3n) is 14.4. The molecule has 12 heterocycles. The van der Waals surface area contributed by atoms with Crippen LogP contribution in [-0.4, -0.2) is 84.6 Å². The van der Waals surface area contributed by atoms with Crippen molar-refractivity contribution in [2.75, 3.05) is 0 Å². The lowest BCUT2D eigenvalue weighted by Crippen LogP contribution is -2.27. The first-order chi connectivity index (χ1) is 49.7. The predicted octanol–water partition coefficient (Wildman–Crippen LogP) is 14.0. The molecule has 516 valence electrons. The molecule has 15 rings (SSSR count). The van der Waals surface area contributed by atoms with Gasteiger partial charge in [-0.1, -0.05) is 90.1 Å². The Morgan fingerprint density at radius 1 is 0.427 bits per heavy atom. The van der Waals surface area contributed by atoms with Gasteiger partial charge in [-0.2, -0.15) is 15.0 Å². The van der Waals surface area contributed by atoms with E-state index in [0.29, 0.717) is 64.4 Å². The highest BCUT2D eigenvalue weighted by Gasteiger charge is 2.36. The molecule has 3 saturated heterocycles. The highest BCUT2D eigenvalue weighted by molar-refractivity contribution is 8.27. The van der Waals surface area contributed by atoms with E-state index in [9.17, 15) is 41.9 Å². The average molecular weight is 1500 g/mol. The lowest BCUT2D eigenvalue weighted by Gasteiger charge is -2.12. The van der Waals surface area contributed by atoms with Crippen LogP contribution in [-0.2, 0) is 38.8 Å². The van der Waals surface area contributed by atoms with E-state index >= 15 is 0 Å². The van der Waals surface area contributed by atoms with Crippen LogP contribution in [0.3, 0.4) is 0 Å².